The number of aromatic amines is 1. The van der Waals surface area contributed by atoms with Gasteiger partial charge in [0.1, 0.15) is 48.0 Å². The number of H-pyrrole nitrogens is 1. The van der Waals surface area contributed by atoms with E-state index >= 15 is 0 Å². The molecule has 0 radical (unpaired) electrons. The lowest BCUT2D eigenvalue weighted by atomic mass is 10.0. The summed E-state index contributed by atoms with van der Waals surface area (Å²) >= 11 is 6.09. The third-order valence-corrected chi connectivity index (χ3v) is 13.1. The highest BCUT2D eigenvalue weighted by Gasteiger charge is 2.35. The van der Waals surface area contributed by atoms with Crippen LogP contribution in [0, 0.1) is 11.3 Å². The second-order valence-corrected chi connectivity index (χ2v) is 20.7. The number of halogens is 1. The van der Waals surface area contributed by atoms with E-state index in [4.69, 9.17) is 28.5 Å². The molecule has 0 fully saturated rings. The number of urea groups is 1. The van der Waals surface area contributed by atoms with Crippen molar-refractivity contribution in [1.82, 2.24) is 69.0 Å². The van der Waals surface area contributed by atoms with Crippen LogP contribution >= 0.6 is 11.6 Å². The maximum Gasteiger partial charge on any atom is 0.334 e. The SMILES string of the molecule is CNC(=N)NCCC[C@H](NC(=O)[C@H](CC(C)C)NC(=O)NNC(=O)[C@H](Cc1ccc(Cl)cc1)NC(=O)C(NC(=O)[C@H](CC(N)=O)NC(=O)CNC(=O)[C@@H](Cc1ccc(O)cc1)NC(C)=O)[C@@H](C)O)C(=O)N[C@@H](Cc1c[nH]c2ccccc12)C(N)=O. The monoisotopic (exact) mass is 1200 g/mol. The van der Waals surface area contributed by atoms with Crippen LogP contribution in [0.4, 0.5) is 4.79 Å². The summed E-state index contributed by atoms with van der Waals surface area (Å²) in [5.74, 6) is -9.59. The fraction of sp³-hybridized carbons (Fsp3) is 0.418. The Hall–Kier alpha value is -9.51. The van der Waals surface area contributed by atoms with Crippen molar-refractivity contribution in [1.29, 1.82) is 5.41 Å². The Balaban J connectivity index is 1.46. The lowest BCUT2D eigenvalue weighted by molar-refractivity contribution is -0.136. The molecule has 1 unspecified atom stereocenters. The first kappa shape index (κ1) is 68.0. The van der Waals surface area contributed by atoms with Gasteiger partial charge < -0.3 is 79.8 Å². The van der Waals surface area contributed by atoms with Crippen molar-refractivity contribution in [3.63, 3.8) is 0 Å². The Bertz CT molecular complexity index is 3010. The number of para-hydroxylation sites is 1. The predicted molar refractivity (Wildman–Crippen MR) is 311 cm³/mol. The van der Waals surface area contributed by atoms with Crippen molar-refractivity contribution in [2.24, 2.45) is 17.4 Å². The number of aromatic hydroxyl groups is 1. The van der Waals surface area contributed by atoms with Gasteiger partial charge in [-0.15, -0.1) is 0 Å². The largest absolute Gasteiger partial charge is 0.508 e. The molecule has 0 bridgehead atoms. The van der Waals surface area contributed by atoms with E-state index in [0.29, 0.717) is 21.7 Å². The maximum atomic E-state index is 14.1. The van der Waals surface area contributed by atoms with Crippen LogP contribution in [0.1, 0.15) is 70.1 Å². The Kier molecular flexibility index (Phi) is 26.8. The summed E-state index contributed by atoms with van der Waals surface area (Å²) in [6.07, 6.45) is -0.893. The highest BCUT2D eigenvalue weighted by molar-refractivity contribution is 6.30. The number of amides is 12. The Labute approximate surface area is 494 Å². The molecule has 460 valence electrons. The average Bonchev–Trinajstić information content (AvgIpc) is 3.12. The van der Waals surface area contributed by atoms with Crippen LogP contribution < -0.4 is 75.5 Å². The molecule has 3 aromatic carbocycles. The number of nitrogens with one attached hydrogen (secondary N) is 14. The Morgan fingerprint density at radius 3 is 1.82 bits per heavy atom. The molecule has 1 heterocycles. The third kappa shape index (κ3) is 23.3. The van der Waals surface area contributed by atoms with E-state index in [1.165, 1.54) is 62.5 Å². The van der Waals surface area contributed by atoms with Gasteiger partial charge in [0.25, 0.3) is 5.91 Å². The van der Waals surface area contributed by atoms with Crippen LogP contribution in [0.2, 0.25) is 5.02 Å². The number of carbonyl (C=O) groups is 11. The van der Waals surface area contributed by atoms with Gasteiger partial charge in [0, 0.05) is 61.9 Å². The number of hydrogen-bond donors (Lipinski definition) is 18. The van der Waals surface area contributed by atoms with Crippen molar-refractivity contribution in [3.8, 4) is 5.75 Å². The van der Waals surface area contributed by atoms with Gasteiger partial charge >= 0.3 is 6.03 Å². The van der Waals surface area contributed by atoms with Gasteiger partial charge in [-0.1, -0.05) is 67.9 Å². The van der Waals surface area contributed by atoms with Crippen LogP contribution in [0.25, 0.3) is 10.9 Å². The van der Waals surface area contributed by atoms with Gasteiger partial charge in [-0.3, -0.25) is 58.8 Å². The zero-order valence-corrected chi connectivity index (χ0v) is 48.2. The molecule has 85 heavy (non-hydrogen) atoms. The number of nitrogens with two attached hydrogens (primary N) is 2. The Morgan fingerprint density at radius 2 is 1.22 bits per heavy atom. The quantitative estimate of drug-likeness (QED) is 0.0108. The van der Waals surface area contributed by atoms with Crippen molar-refractivity contribution >= 4 is 93.6 Å². The molecule has 0 saturated carbocycles. The van der Waals surface area contributed by atoms with E-state index in [2.05, 4.69) is 69.0 Å². The van der Waals surface area contributed by atoms with E-state index < -0.39 is 126 Å². The summed E-state index contributed by atoms with van der Waals surface area (Å²) in [5, 5.41) is 54.3. The molecule has 0 saturated heterocycles. The summed E-state index contributed by atoms with van der Waals surface area (Å²) in [6.45, 7) is 5.23. The summed E-state index contributed by atoms with van der Waals surface area (Å²) in [5.41, 5.74) is 18.0. The number of benzene rings is 3. The minimum atomic E-state index is -1.88. The van der Waals surface area contributed by atoms with Gasteiger partial charge in [0.2, 0.25) is 53.2 Å². The highest BCUT2D eigenvalue weighted by Crippen LogP contribution is 2.20. The molecule has 0 aliphatic carbocycles. The van der Waals surface area contributed by atoms with Crippen molar-refractivity contribution in [3.05, 3.63) is 101 Å². The molecule has 1 aromatic heterocycles. The molecule has 4 rings (SSSR count). The van der Waals surface area contributed by atoms with Gasteiger partial charge in [0.05, 0.1) is 19.1 Å². The number of primary amides is 2. The number of rotatable bonds is 31. The number of hydrogen-bond acceptors (Lipinski definition) is 14. The fourth-order valence-electron chi connectivity index (χ4n) is 8.52. The Morgan fingerprint density at radius 1 is 0.635 bits per heavy atom. The number of phenolic OH excluding ortho intramolecular Hbond substituents is 1. The van der Waals surface area contributed by atoms with Gasteiger partial charge in [0.15, 0.2) is 5.96 Å². The summed E-state index contributed by atoms with van der Waals surface area (Å²) in [7, 11) is 1.54. The number of guanidine groups is 1. The van der Waals surface area contributed by atoms with E-state index in [-0.39, 0.29) is 62.7 Å². The molecule has 12 amide bonds. The number of fused-ring (bicyclic) bond motifs is 1. The van der Waals surface area contributed by atoms with Crippen LogP contribution in [-0.2, 0) is 67.2 Å². The first-order chi connectivity index (χ1) is 40.2. The molecule has 4 aromatic rings. The van der Waals surface area contributed by atoms with Crippen molar-refractivity contribution in [2.45, 2.75) is 121 Å². The topological polar surface area (TPSA) is 464 Å². The molecule has 0 aliphatic rings. The molecule has 0 spiro atoms. The smallest absolute Gasteiger partial charge is 0.334 e. The minimum Gasteiger partial charge on any atom is -0.508 e. The van der Waals surface area contributed by atoms with E-state index in [9.17, 15) is 63.0 Å². The van der Waals surface area contributed by atoms with E-state index in [1.54, 1.807) is 20.0 Å². The van der Waals surface area contributed by atoms with E-state index in [0.717, 1.165) is 17.8 Å². The third-order valence-electron chi connectivity index (χ3n) is 12.8. The molecule has 30 heteroatoms. The normalized spacial score (nSPS) is 13.7. The number of hydrazine groups is 1. The van der Waals surface area contributed by atoms with Gasteiger partial charge in [-0.2, -0.15) is 0 Å². The zero-order valence-electron chi connectivity index (χ0n) is 47.5. The predicted octanol–water partition coefficient (Wildman–Crippen LogP) is -2.39. The summed E-state index contributed by atoms with van der Waals surface area (Å²) in [4.78, 5) is 149. The second-order valence-electron chi connectivity index (χ2n) is 20.3. The van der Waals surface area contributed by atoms with E-state index in [1.807, 2.05) is 24.3 Å². The lowest BCUT2D eigenvalue weighted by Gasteiger charge is -2.27. The van der Waals surface area contributed by atoms with Crippen LogP contribution in [0.15, 0.2) is 79.0 Å². The lowest BCUT2D eigenvalue weighted by Crippen LogP contribution is -2.62. The van der Waals surface area contributed by atoms with Gasteiger partial charge in [-0.25, -0.2) is 10.2 Å². The number of carbonyl (C=O) groups excluding carboxylic acids is 11. The average molecular weight is 1200 g/mol. The van der Waals surface area contributed by atoms with Crippen LogP contribution in [0.5, 0.6) is 5.75 Å². The minimum absolute atomic E-state index is 0.00286. The number of aromatic nitrogens is 1. The first-order valence-electron chi connectivity index (χ1n) is 27.0. The second kappa shape index (κ2) is 33.6. The fourth-order valence-corrected chi connectivity index (χ4v) is 8.65. The number of aliphatic hydroxyl groups excluding tert-OH is 1. The number of aliphatic hydroxyl groups is 1. The molecule has 8 atom stereocenters. The highest BCUT2D eigenvalue weighted by atomic mass is 35.5. The molecule has 20 N–H and O–H groups in total. The first-order valence-corrected chi connectivity index (χ1v) is 27.4. The van der Waals surface area contributed by atoms with Crippen molar-refractivity contribution < 1.29 is 63.0 Å². The van der Waals surface area contributed by atoms with Crippen LogP contribution in [-0.4, -0.2) is 155 Å². The molecule has 0 aliphatic heterocycles. The maximum absolute atomic E-state index is 14.1. The molecular weight excluding hydrogens is 1130 g/mol. The summed E-state index contributed by atoms with van der Waals surface area (Å²) < 4.78 is 0. The zero-order chi connectivity index (χ0) is 62.9. The van der Waals surface area contributed by atoms with Crippen LogP contribution in [0.3, 0.4) is 0 Å². The van der Waals surface area contributed by atoms with Crippen molar-refractivity contribution in [2.75, 3.05) is 20.1 Å². The molecular formula is C55H75ClN16O13. The molecule has 29 nitrogen and oxygen atoms in total. The van der Waals surface area contributed by atoms with Gasteiger partial charge in [-0.05, 0) is 79.1 Å². The standard InChI is InChI=1S/C55H75ClN16O13/c1-28(2)21-40(50(81)66-38(11-8-20-61-54(59)60-5)49(80)67-39(47(58)78)24-33-26-62-37-10-7-6-9-36(33)37)69-55(85)72-71-52(83)42(23-31-12-16-34(56)17-13-31)68-53(84)46(29(3)73)70-51(82)43(25-44(57)76)65-45(77)27-63-48(79)41(64-30(4)74)22-32-14-18-35(75)19-15-32/h6-7,9-10,12-19,26,28-29,38-43,46,62,73,75H,8,11,20-25,27H2,1-5H3,(H2,57,76)(H2,58,78)(H,63,79)(H,64,74)(H,65,77)(H,66,81)(H,67,80)(H,68,84)(H,70,82)(H,71,83)(H3,59,60,61)(H2,69,72,85)/t29-,38+,39+,40+,41-,42+,43+,46?/m1/s1. The number of phenols is 1. The summed E-state index contributed by atoms with van der Waals surface area (Å²) in [6, 6.07) is 7.80.